The van der Waals surface area contributed by atoms with E-state index in [0.717, 1.165) is 0 Å². The number of hydrogen-bond acceptors (Lipinski definition) is 7. The maximum Gasteiger partial charge on any atom is 0.340 e. The Balaban J connectivity index is 2.13. The average Bonchev–Trinajstić information content (AvgIpc) is 2.71. The minimum Gasteiger partial charge on any atom is -0.465 e. The van der Waals surface area contributed by atoms with Crippen LogP contribution in [0, 0.1) is 0 Å². The molecular formula is C19H16ClNO7. The average molecular weight is 406 g/mol. The Kier molecular flexibility index (Phi) is 7.11. The molecule has 0 saturated heterocycles. The molecule has 0 atom stereocenters. The van der Waals surface area contributed by atoms with Gasteiger partial charge in [-0.2, -0.15) is 0 Å². The van der Waals surface area contributed by atoms with Gasteiger partial charge in [0.25, 0.3) is 5.91 Å². The van der Waals surface area contributed by atoms with E-state index in [2.05, 4.69) is 14.8 Å². The summed E-state index contributed by atoms with van der Waals surface area (Å²) in [4.78, 5) is 47.7. The number of benzene rings is 2. The topological polar surface area (TPSA) is 108 Å². The summed E-state index contributed by atoms with van der Waals surface area (Å²) >= 11 is 5.90. The van der Waals surface area contributed by atoms with Crippen LogP contribution in [0.4, 0.5) is 5.69 Å². The lowest BCUT2D eigenvalue weighted by Crippen LogP contribution is -2.22. The first-order chi connectivity index (χ1) is 13.4. The van der Waals surface area contributed by atoms with Gasteiger partial charge in [-0.05, 0) is 30.3 Å². The van der Waals surface area contributed by atoms with E-state index in [-0.39, 0.29) is 27.4 Å². The summed E-state index contributed by atoms with van der Waals surface area (Å²) in [5.74, 6) is -2.89. The first-order valence-electron chi connectivity index (χ1n) is 7.89. The van der Waals surface area contributed by atoms with Crippen LogP contribution in [0.2, 0.25) is 5.02 Å². The maximum absolute atomic E-state index is 12.2. The molecule has 2 aromatic carbocycles. The zero-order valence-electron chi connectivity index (χ0n) is 15.0. The van der Waals surface area contributed by atoms with Crippen molar-refractivity contribution in [3.05, 3.63) is 64.2 Å². The Morgan fingerprint density at radius 3 is 2.21 bits per heavy atom. The molecule has 0 fully saturated rings. The van der Waals surface area contributed by atoms with Gasteiger partial charge in [0.15, 0.2) is 6.61 Å². The normalized spacial score (nSPS) is 9.96. The summed E-state index contributed by atoms with van der Waals surface area (Å²) < 4.78 is 14.2. The molecule has 0 radical (unpaired) electrons. The van der Waals surface area contributed by atoms with Crippen molar-refractivity contribution in [2.24, 2.45) is 0 Å². The molecular weight excluding hydrogens is 390 g/mol. The number of esters is 3. The number of rotatable bonds is 6. The molecule has 2 rings (SSSR count). The van der Waals surface area contributed by atoms with Gasteiger partial charge in [-0.1, -0.05) is 23.7 Å². The van der Waals surface area contributed by atoms with Gasteiger partial charge in [-0.3, -0.25) is 4.79 Å². The van der Waals surface area contributed by atoms with Crippen molar-refractivity contribution in [3.63, 3.8) is 0 Å². The van der Waals surface area contributed by atoms with E-state index in [9.17, 15) is 19.2 Å². The number of ether oxygens (including phenoxy) is 3. The molecule has 8 nitrogen and oxygen atoms in total. The van der Waals surface area contributed by atoms with Gasteiger partial charge in [0.05, 0.1) is 41.6 Å². The first kappa shape index (κ1) is 20.9. The highest BCUT2D eigenvalue weighted by Gasteiger charge is 2.19. The highest BCUT2D eigenvalue weighted by Crippen LogP contribution is 2.20. The Labute approximate surface area is 165 Å². The van der Waals surface area contributed by atoms with Crippen molar-refractivity contribution in [2.75, 3.05) is 26.1 Å². The van der Waals surface area contributed by atoms with Crippen molar-refractivity contribution >= 4 is 41.1 Å². The van der Waals surface area contributed by atoms with Crippen LogP contribution in [-0.2, 0) is 19.0 Å². The summed E-state index contributed by atoms with van der Waals surface area (Å²) in [5, 5.41) is 2.60. The zero-order valence-corrected chi connectivity index (χ0v) is 15.7. The van der Waals surface area contributed by atoms with Crippen molar-refractivity contribution in [1.29, 1.82) is 0 Å². The molecule has 0 aliphatic carbocycles. The summed E-state index contributed by atoms with van der Waals surface area (Å²) in [7, 11) is 2.37. The van der Waals surface area contributed by atoms with Crippen LogP contribution in [0.5, 0.6) is 0 Å². The van der Waals surface area contributed by atoms with E-state index in [1.807, 2.05) is 0 Å². The third-order valence-electron chi connectivity index (χ3n) is 3.55. The molecule has 0 bridgehead atoms. The predicted molar refractivity (Wildman–Crippen MR) is 99.5 cm³/mol. The third-order valence-corrected chi connectivity index (χ3v) is 3.88. The SMILES string of the molecule is COC(=O)c1ccc(C(=O)OC)c(NC(=O)COC(=O)c2ccccc2Cl)c1. The standard InChI is InChI=1S/C19H16ClNO7/c1-26-17(23)11-7-8-13(18(24)27-2)15(9-11)21-16(22)10-28-19(25)12-5-3-4-6-14(12)20/h3-9H,10H2,1-2H3,(H,21,22). The van der Waals surface area contributed by atoms with Crippen LogP contribution in [0.1, 0.15) is 31.1 Å². The maximum atomic E-state index is 12.2. The van der Waals surface area contributed by atoms with Gasteiger partial charge in [0.2, 0.25) is 0 Å². The van der Waals surface area contributed by atoms with Crippen LogP contribution in [0.3, 0.4) is 0 Å². The highest BCUT2D eigenvalue weighted by atomic mass is 35.5. The summed E-state index contributed by atoms with van der Waals surface area (Å²) in [6.07, 6.45) is 0. The van der Waals surface area contributed by atoms with Gasteiger partial charge in [0.1, 0.15) is 0 Å². The molecule has 1 N–H and O–H groups in total. The van der Waals surface area contributed by atoms with Crippen LogP contribution < -0.4 is 5.32 Å². The molecule has 146 valence electrons. The molecule has 1 amide bonds. The number of methoxy groups -OCH3 is 2. The lowest BCUT2D eigenvalue weighted by atomic mass is 10.1. The van der Waals surface area contributed by atoms with E-state index in [0.29, 0.717) is 0 Å². The van der Waals surface area contributed by atoms with E-state index >= 15 is 0 Å². The van der Waals surface area contributed by atoms with Crippen LogP contribution in [-0.4, -0.2) is 44.6 Å². The molecule has 0 aromatic heterocycles. The monoisotopic (exact) mass is 405 g/mol. The minimum absolute atomic E-state index is 0.00791. The third kappa shape index (κ3) is 5.08. The van der Waals surface area contributed by atoms with Crippen molar-refractivity contribution in [2.45, 2.75) is 0 Å². The van der Waals surface area contributed by atoms with Crippen LogP contribution in [0.15, 0.2) is 42.5 Å². The fourth-order valence-corrected chi connectivity index (χ4v) is 2.42. The summed E-state index contributed by atoms with van der Waals surface area (Å²) in [6.45, 7) is -0.632. The van der Waals surface area contributed by atoms with E-state index in [4.69, 9.17) is 16.3 Å². The predicted octanol–water partition coefficient (Wildman–Crippen LogP) is 2.71. The second-order valence-electron chi connectivity index (χ2n) is 5.35. The fourth-order valence-electron chi connectivity index (χ4n) is 2.20. The van der Waals surface area contributed by atoms with Crippen LogP contribution >= 0.6 is 11.6 Å². The van der Waals surface area contributed by atoms with E-state index in [1.54, 1.807) is 12.1 Å². The van der Waals surface area contributed by atoms with Crippen LogP contribution in [0.25, 0.3) is 0 Å². The number of anilines is 1. The Hall–Kier alpha value is -3.39. The Bertz CT molecular complexity index is 926. The van der Waals surface area contributed by atoms with Crippen molar-refractivity contribution in [3.8, 4) is 0 Å². The highest BCUT2D eigenvalue weighted by molar-refractivity contribution is 6.33. The second-order valence-corrected chi connectivity index (χ2v) is 5.75. The fraction of sp³-hybridized carbons (Fsp3) is 0.158. The molecule has 2 aromatic rings. The minimum atomic E-state index is -0.780. The number of hydrogen-bond donors (Lipinski definition) is 1. The number of nitrogens with one attached hydrogen (secondary N) is 1. The molecule has 0 heterocycles. The molecule has 28 heavy (non-hydrogen) atoms. The number of halogens is 1. The Morgan fingerprint density at radius 2 is 1.57 bits per heavy atom. The molecule has 9 heteroatoms. The number of amides is 1. The first-order valence-corrected chi connectivity index (χ1v) is 8.27. The van der Waals surface area contributed by atoms with Crippen molar-refractivity contribution in [1.82, 2.24) is 0 Å². The van der Waals surface area contributed by atoms with Gasteiger partial charge >= 0.3 is 17.9 Å². The van der Waals surface area contributed by atoms with Gasteiger partial charge in [-0.15, -0.1) is 0 Å². The quantitative estimate of drug-likeness (QED) is 0.581. The second kappa shape index (κ2) is 9.52. The molecule has 0 aliphatic heterocycles. The molecule has 0 saturated carbocycles. The number of carbonyl (C=O) groups is 4. The summed E-state index contributed by atoms with van der Waals surface area (Å²) in [5.41, 5.74) is 0.243. The van der Waals surface area contributed by atoms with E-state index in [1.165, 1.54) is 44.6 Å². The smallest absolute Gasteiger partial charge is 0.340 e. The molecule has 0 unspecified atom stereocenters. The van der Waals surface area contributed by atoms with E-state index < -0.39 is 30.4 Å². The molecule has 0 aliphatic rings. The summed E-state index contributed by atoms with van der Waals surface area (Å²) in [6, 6.07) is 10.1. The van der Waals surface area contributed by atoms with Crippen molar-refractivity contribution < 1.29 is 33.4 Å². The lowest BCUT2D eigenvalue weighted by Gasteiger charge is -2.12. The van der Waals surface area contributed by atoms with Gasteiger partial charge < -0.3 is 19.5 Å². The lowest BCUT2D eigenvalue weighted by molar-refractivity contribution is -0.119. The van der Waals surface area contributed by atoms with Gasteiger partial charge in [0, 0.05) is 0 Å². The Morgan fingerprint density at radius 1 is 0.893 bits per heavy atom. The molecule has 0 spiro atoms. The number of carbonyl (C=O) groups excluding carboxylic acids is 4. The largest absolute Gasteiger partial charge is 0.465 e. The zero-order chi connectivity index (χ0) is 20.7. The van der Waals surface area contributed by atoms with Gasteiger partial charge in [-0.25, -0.2) is 14.4 Å².